The van der Waals surface area contributed by atoms with Crippen LogP contribution < -0.4 is 5.32 Å². The van der Waals surface area contributed by atoms with E-state index < -0.39 is 51.6 Å². The van der Waals surface area contributed by atoms with Crippen LogP contribution in [0.4, 0.5) is 44.3 Å². The van der Waals surface area contributed by atoms with Crippen LogP contribution in [-0.4, -0.2) is 71.4 Å². The number of carbonyl (C=O) groups excluding carboxylic acids is 1. The molecule has 0 spiro atoms. The number of carbonyl (C=O) groups is 1. The first-order chi connectivity index (χ1) is 13.0. The quantitative estimate of drug-likeness (QED) is 0.348. The second kappa shape index (κ2) is 10.2. The third-order valence-corrected chi connectivity index (χ3v) is 5.93. The molecular formula is C13H20F9NO5Si. The van der Waals surface area contributed by atoms with E-state index in [0.717, 1.165) is 0 Å². The van der Waals surface area contributed by atoms with Crippen molar-refractivity contribution in [3.05, 3.63) is 0 Å². The van der Waals surface area contributed by atoms with Crippen LogP contribution in [0.3, 0.4) is 0 Å². The maximum Gasteiger partial charge on any atom is 0.521 e. The Bertz CT molecular complexity index is 516. The molecule has 0 aromatic carbocycles. The van der Waals surface area contributed by atoms with Gasteiger partial charge in [0, 0.05) is 19.8 Å². The van der Waals surface area contributed by atoms with E-state index in [4.69, 9.17) is 13.3 Å². The Hall–Kier alpha value is -1.26. The van der Waals surface area contributed by atoms with Gasteiger partial charge in [0.1, 0.15) is 0 Å². The first-order valence-corrected chi connectivity index (χ1v) is 9.99. The van der Waals surface area contributed by atoms with E-state index in [1.807, 2.05) is 5.32 Å². The average molecular weight is 469 g/mol. The largest absolute Gasteiger partial charge is 0.521 e. The minimum absolute atomic E-state index is 0.0553. The maximum atomic E-state index is 13.3. The Morgan fingerprint density at radius 2 is 1.21 bits per heavy atom. The highest BCUT2D eigenvalue weighted by atomic mass is 28.4. The summed E-state index contributed by atoms with van der Waals surface area (Å²) in [5.74, 6) is -20.0. The van der Waals surface area contributed by atoms with Crippen molar-refractivity contribution in [1.29, 1.82) is 0 Å². The predicted molar refractivity (Wildman–Crippen MR) is 80.9 cm³/mol. The summed E-state index contributed by atoms with van der Waals surface area (Å²) in [7, 11) is -3.54. The van der Waals surface area contributed by atoms with Crippen LogP contribution in [0, 0.1) is 0 Å². The molecule has 1 N–H and O–H groups in total. The highest BCUT2D eigenvalue weighted by Crippen LogP contribution is 2.53. The third-order valence-electron chi connectivity index (χ3n) is 3.14. The zero-order chi connectivity index (χ0) is 23.1. The number of amides is 1. The molecule has 0 fully saturated rings. The first-order valence-electron chi connectivity index (χ1n) is 8.06. The van der Waals surface area contributed by atoms with Crippen molar-refractivity contribution in [1.82, 2.24) is 5.32 Å². The summed E-state index contributed by atoms with van der Waals surface area (Å²) in [6.07, 6.45) is -9.34. The fourth-order valence-corrected chi connectivity index (χ4v) is 4.06. The van der Waals surface area contributed by atoms with Crippen LogP contribution in [0.25, 0.3) is 0 Å². The van der Waals surface area contributed by atoms with Crippen LogP contribution in [-0.2, 0) is 18.0 Å². The molecule has 29 heavy (non-hydrogen) atoms. The summed E-state index contributed by atoms with van der Waals surface area (Å²) in [5.41, 5.74) is 0. The molecule has 0 saturated carbocycles. The number of halogens is 9. The molecule has 0 aliphatic heterocycles. The van der Waals surface area contributed by atoms with Gasteiger partial charge in [-0.15, -0.1) is 0 Å². The van der Waals surface area contributed by atoms with E-state index >= 15 is 0 Å². The zero-order valence-electron chi connectivity index (χ0n) is 15.5. The Morgan fingerprint density at radius 1 is 0.793 bits per heavy atom. The third kappa shape index (κ3) is 6.61. The molecule has 0 aliphatic carbocycles. The molecule has 16 heteroatoms. The van der Waals surface area contributed by atoms with Gasteiger partial charge in [-0.3, -0.25) is 0 Å². The topological polar surface area (TPSA) is 66.0 Å². The summed E-state index contributed by atoms with van der Waals surface area (Å²) in [4.78, 5) is 11.5. The molecule has 174 valence electrons. The predicted octanol–water partition coefficient (Wildman–Crippen LogP) is 3.77. The van der Waals surface area contributed by atoms with E-state index in [1.165, 1.54) is 0 Å². The summed E-state index contributed by atoms with van der Waals surface area (Å²) in [6, 6.07) is 0. The van der Waals surface area contributed by atoms with E-state index in [0.29, 0.717) is 0 Å². The van der Waals surface area contributed by atoms with Gasteiger partial charge in [-0.25, -0.2) is 4.79 Å². The molecule has 0 aromatic heterocycles. The Labute approximate surface area is 161 Å². The molecule has 0 radical (unpaired) electrons. The highest BCUT2D eigenvalue weighted by Gasteiger charge is 2.82. The number of ether oxygens (including phenoxy) is 1. The molecule has 0 bridgehead atoms. The Morgan fingerprint density at radius 3 is 1.55 bits per heavy atom. The van der Waals surface area contributed by atoms with E-state index in [9.17, 15) is 44.3 Å². The molecule has 1 amide bonds. The monoisotopic (exact) mass is 469 g/mol. The fraction of sp³-hybridized carbons (Fsp3) is 0.923. The van der Waals surface area contributed by atoms with Crippen molar-refractivity contribution in [3.8, 4) is 0 Å². The Kier molecular flexibility index (Phi) is 9.72. The van der Waals surface area contributed by atoms with E-state index in [1.54, 1.807) is 20.8 Å². The second-order valence-corrected chi connectivity index (χ2v) is 7.85. The summed E-state index contributed by atoms with van der Waals surface area (Å²) >= 11 is 0. The minimum Gasteiger partial charge on any atom is -0.443 e. The number of alkyl halides is 9. The average Bonchev–Trinajstić information content (AvgIpc) is 2.57. The fourth-order valence-electron chi connectivity index (χ4n) is 1.82. The first kappa shape index (κ1) is 27.7. The lowest BCUT2D eigenvalue weighted by Gasteiger charge is -2.33. The van der Waals surface area contributed by atoms with Crippen LogP contribution in [0.2, 0.25) is 0 Å². The van der Waals surface area contributed by atoms with E-state index in [2.05, 4.69) is 4.74 Å². The van der Waals surface area contributed by atoms with Crippen LogP contribution >= 0.6 is 0 Å². The number of hydrogen-bond acceptors (Lipinski definition) is 5. The van der Waals surface area contributed by atoms with Gasteiger partial charge >= 0.3 is 38.8 Å². The number of hydrogen-bond donors (Lipinski definition) is 1. The molecule has 0 aliphatic rings. The minimum atomic E-state index is -7.07. The standard InChI is InChI=1S/C13H20F9NO5Si/c1-4-26-29(27-5-2,28-6-3)8-23-9(24)25-7-10(14,15)11(16,17)12(18,19)13(20,21)22/h4-8H2,1-3H3,(H,23,24). The molecular weight excluding hydrogens is 449 g/mol. The lowest BCUT2D eigenvalue weighted by atomic mass is 10.0. The molecule has 0 saturated heterocycles. The molecule has 0 aromatic rings. The second-order valence-electron chi connectivity index (χ2n) is 5.26. The summed E-state index contributed by atoms with van der Waals surface area (Å²) < 4.78 is 134. The number of rotatable bonds is 12. The SMILES string of the molecule is CCO[Si](CNC(=O)OCC(F)(F)C(F)(F)C(F)(F)C(F)(F)F)(OCC)OCC. The molecule has 0 atom stereocenters. The van der Waals surface area contributed by atoms with Crippen molar-refractivity contribution in [2.45, 2.75) is 44.7 Å². The summed E-state index contributed by atoms with van der Waals surface area (Å²) in [5, 5.41) is 1.81. The van der Waals surface area contributed by atoms with Gasteiger partial charge in [0.05, 0.1) is 6.17 Å². The van der Waals surface area contributed by atoms with Crippen molar-refractivity contribution < 1.29 is 62.3 Å². The van der Waals surface area contributed by atoms with Gasteiger partial charge < -0.3 is 23.3 Å². The van der Waals surface area contributed by atoms with Crippen LogP contribution in [0.5, 0.6) is 0 Å². The van der Waals surface area contributed by atoms with Gasteiger partial charge in [-0.05, 0) is 20.8 Å². The molecule has 0 unspecified atom stereocenters. The maximum absolute atomic E-state index is 13.3. The zero-order valence-corrected chi connectivity index (χ0v) is 16.5. The van der Waals surface area contributed by atoms with Gasteiger partial charge in [0.25, 0.3) is 0 Å². The normalized spacial score (nSPS) is 14.1. The number of alkyl carbamates (subject to hydrolysis) is 1. The lowest BCUT2D eigenvalue weighted by molar-refractivity contribution is -0.398. The van der Waals surface area contributed by atoms with Gasteiger partial charge in [-0.2, -0.15) is 39.5 Å². The Balaban J connectivity index is 5.11. The molecule has 6 nitrogen and oxygen atoms in total. The van der Waals surface area contributed by atoms with Gasteiger partial charge in [0.15, 0.2) is 6.61 Å². The van der Waals surface area contributed by atoms with Crippen LogP contribution in [0.15, 0.2) is 0 Å². The van der Waals surface area contributed by atoms with Crippen molar-refractivity contribution in [2.24, 2.45) is 0 Å². The summed E-state index contributed by atoms with van der Waals surface area (Å²) in [6.45, 7) is 2.05. The smallest absolute Gasteiger partial charge is 0.443 e. The lowest BCUT2D eigenvalue weighted by Crippen LogP contribution is -2.62. The van der Waals surface area contributed by atoms with Gasteiger partial charge in [-0.1, -0.05) is 0 Å². The van der Waals surface area contributed by atoms with Gasteiger partial charge in [0.2, 0.25) is 0 Å². The van der Waals surface area contributed by atoms with Crippen molar-refractivity contribution in [3.63, 3.8) is 0 Å². The number of nitrogens with one attached hydrogen (secondary N) is 1. The van der Waals surface area contributed by atoms with Crippen LogP contribution in [0.1, 0.15) is 20.8 Å². The molecule has 0 heterocycles. The van der Waals surface area contributed by atoms with Crippen molar-refractivity contribution in [2.75, 3.05) is 32.6 Å². The highest BCUT2D eigenvalue weighted by molar-refractivity contribution is 6.61. The van der Waals surface area contributed by atoms with Crippen molar-refractivity contribution >= 4 is 14.9 Å². The molecule has 0 rings (SSSR count). The van der Waals surface area contributed by atoms with E-state index in [-0.39, 0.29) is 19.8 Å².